The number of hydrogen-bond donors (Lipinski definition) is 6. The van der Waals surface area contributed by atoms with Gasteiger partial charge in [-0.25, -0.2) is 4.79 Å². The molecule has 3 amide bonds. The zero-order valence-electron chi connectivity index (χ0n) is 16.6. The van der Waals surface area contributed by atoms with Crippen molar-refractivity contribution in [3.8, 4) is 0 Å². The van der Waals surface area contributed by atoms with Crippen LogP contribution in [0.4, 0.5) is 0 Å². The minimum absolute atomic E-state index is 0.183. The van der Waals surface area contributed by atoms with E-state index in [0.29, 0.717) is 5.75 Å². The average molecular weight is 435 g/mol. The number of carboxylic acids is 2. The smallest absolute Gasteiger partial charge is 0.326 e. The Morgan fingerprint density at radius 1 is 0.897 bits per heavy atom. The number of nitrogens with one attached hydrogen (secondary N) is 3. The van der Waals surface area contributed by atoms with Crippen molar-refractivity contribution in [1.82, 2.24) is 16.0 Å². The van der Waals surface area contributed by atoms with E-state index in [0.717, 1.165) is 0 Å². The Morgan fingerprint density at radius 2 is 1.48 bits per heavy atom. The molecule has 1 unspecified atom stereocenters. The van der Waals surface area contributed by atoms with Crippen molar-refractivity contribution >= 4 is 41.4 Å². The molecule has 0 aromatic carbocycles. The second-order valence-electron chi connectivity index (χ2n) is 6.52. The topological polar surface area (TPSA) is 182 Å². The highest BCUT2D eigenvalue weighted by atomic mass is 32.2. The van der Waals surface area contributed by atoms with Crippen LogP contribution in [0.2, 0.25) is 0 Å². The Morgan fingerprint density at radius 3 is 1.97 bits per heavy atom. The number of amides is 3. The quantitative estimate of drug-likeness (QED) is 0.198. The van der Waals surface area contributed by atoms with Crippen molar-refractivity contribution in [1.29, 1.82) is 0 Å². The van der Waals surface area contributed by atoms with Crippen LogP contribution >= 0.6 is 11.8 Å². The SMILES string of the molecule is CSCC[C@H](NC(=O)[C@H](C)NC(=O)CC(C)O)C(=O)N[C@@H](CCC(=O)O)C(=O)O. The third-order valence-electron chi connectivity index (χ3n) is 3.76. The molecule has 0 aromatic rings. The number of aliphatic carboxylic acids is 2. The molecule has 11 nitrogen and oxygen atoms in total. The average Bonchev–Trinajstić information content (AvgIpc) is 2.60. The van der Waals surface area contributed by atoms with Crippen molar-refractivity contribution in [3.63, 3.8) is 0 Å². The van der Waals surface area contributed by atoms with Crippen molar-refractivity contribution in [2.24, 2.45) is 0 Å². The van der Waals surface area contributed by atoms with E-state index in [-0.39, 0.29) is 19.3 Å². The number of carbonyl (C=O) groups excluding carboxylic acids is 3. The van der Waals surface area contributed by atoms with Crippen LogP contribution in [0.3, 0.4) is 0 Å². The molecule has 166 valence electrons. The number of aliphatic hydroxyl groups is 1. The van der Waals surface area contributed by atoms with Crippen LogP contribution in [-0.4, -0.2) is 81.2 Å². The molecule has 0 aliphatic carbocycles. The van der Waals surface area contributed by atoms with Gasteiger partial charge in [0.2, 0.25) is 17.7 Å². The minimum atomic E-state index is -1.41. The summed E-state index contributed by atoms with van der Waals surface area (Å²) in [4.78, 5) is 58.3. The zero-order valence-corrected chi connectivity index (χ0v) is 17.5. The van der Waals surface area contributed by atoms with Crippen molar-refractivity contribution in [2.75, 3.05) is 12.0 Å². The first-order chi connectivity index (χ1) is 13.5. The van der Waals surface area contributed by atoms with Gasteiger partial charge < -0.3 is 31.3 Å². The van der Waals surface area contributed by atoms with E-state index in [2.05, 4.69) is 16.0 Å². The monoisotopic (exact) mass is 435 g/mol. The molecular formula is C17H29N3O8S. The van der Waals surface area contributed by atoms with Crippen molar-refractivity contribution in [2.45, 2.75) is 63.8 Å². The zero-order chi connectivity index (χ0) is 22.6. The van der Waals surface area contributed by atoms with Gasteiger partial charge in [-0.15, -0.1) is 0 Å². The highest BCUT2D eigenvalue weighted by Gasteiger charge is 2.28. The first kappa shape index (κ1) is 26.7. The summed E-state index contributed by atoms with van der Waals surface area (Å²) in [7, 11) is 0. The molecule has 0 saturated carbocycles. The van der Waals surface area contributed by atoms with Crippen LogP contribution in [0.25, 0.3) is 0 Å². The second kappa shape index (κ2) is 13.8. The maximum Gasteiger partial charge on any atom is 0.326 e. The van der Waals surface area contributed by atoms with Gasteiger partial charge >= 0.3 is 11.9 Å². The largest absolute Gasteiger partial charge is 0.481 e. The van der Waals surface area contributed by atoms with Crippen LogP contribution in [-0.2, 0) is 24.0 Å². The van der Waals surface area contributed by atoms with Gasteiger partial charge in [0.1, 0.15) is 18.1 Å². The second-order valence-corrected chi connectivity index (χ2v) is 7.50. The molecule has 0 spiro atoms. The van der Waals surface area contributed by atoms with Crippen LogP contribution in [0, 0.1) is 0 Å². The lowest BCUT2D eigenvalue weighted by atomic mass is 10.1. The summed E-state index contributed by atoms with van der Waals surface area (Å²) >= 11 is 1.42. The van der Waals surface area contributed by atoms with E-state index in [1.165, 1.54) is 25.6 Å². The van der Waals surface area contributed by atoms with E-state index in [4.69, 9.17) is 10.2 Å². The summed E-state index contributed by atoms with van der Waals surface area (Å²) in [5, 5.41) is 34.2. The van der Waals surface area contributed by atoms with Gasteiger partial charge in [-0.1, -0.05) is 0 Å². The maximum absolute atomic E-state index is 12.5. The van der Waals surface area contributed by atoms with Gasteiger partial charge in [0.05, 0.1) is 12.5 Å². The summed E-state index contributed by atoms with van der Waals surface area (Å²) in [6, 6.07) is -3.44. The molecule has 0 fully saturated rings. The Hall–Kier alpha value is -2.34. The van der Waals surface area contributed by atoms with Gasteiger partial charge in [-0.2, -0.15) is 11.8 Å². The van der Waals surface area contributed by atoms with E-state index in [1.54, 1.807) is 6.26 Å². The number of hydrogen-bond acceptors (Lipinski definition) is 7. The first-order valence-electron chi connectivity index (χ1n) is 8.99. The van der Waals surface area contributed by atoms with Gasteiger partial charge in [-0.3, -0.25) is 19.2 Å². The van der Waals surface area contributed by atoms with Crippen LogP contribution in [0.5, 0.6) is 0 Å². The summed E-state index contributed by atoms with van der Waals surface area (Å²) in [6.07, 6.45) is 0.208. The lowest BCUT2D eigenvalue weighted by Crippen LogP contribution is -2.55. The highest BCUT2D eigenvalue weighted by Crippen LogP contribution is 2.05. The first-order valence-corrected chi connectivity index (χ1v) is 10.4. The third kappa shape index (κ3) is 12.0. The van der Waals surface area contributed by atoms with Gasteiger partial charge in [0, 0.05) is 6.42 Å². The molecule has 0 saturated heterocycles. The highest BCUT2D eigenvalue weighted by molar-refractivity contribution is 7.98. The molecule has 0 aliphatic rings. The van der Waals surface area contributed by atoms with Crippen LogP contribution in [0.1, 0.15) is 39.5 Å². The fraction of sp³-hybridized carbons (Fsp3) is 0.706. The third-order valence-corrected chi connectivity index (χ3v) is 4.40. The van der Waals surface area contributed by atoms with Crippen molar-refractivity contribution < 1.29 is 39.3 Å². The lowest BCUT2D eigenvalue weighted by molar-refractivity contribution is -0.143. The number of thioether (sulfide) groups is 1. The summed E-state index contributed by atoms with van der Waals surface area (Å²) in [5.74, 6) is -4.02. The molecule has 29 heavy (non-hydrogen) atoms. The normalized spacial score (nSPS) is 14.8. The van der Waals surface area contributed by atoms with E-state index < -0.39 is 60.3 Å². The fourth-order valence-corrected chi connectivity index (χ4v) is 2.70. The Balaban J connectivity index is 5.01. The summed E-state index contributed by atoms with van der Waals surface area (Å²) < 4.78 is 0. The Kier molecular flexibility index (Phi) is 12.7. The molecule has 0 radical (unpaired) electrons. The fourth-order valence-electron chi connectivity index (χ4n) is 2.23. The van der Waals surface area contributed by atoms with Crippen molar-refractivity contribution in [3.05, 3.63) is 0 Å². The van der Waals surface area contributed by atoms with Crippen LogP contribution in [0.15, 0.2) is 0 Å². The van der Waals surface area contributed by atoms with Gasteiger partial charge in [0.15, 0.2) is 0 Å². The van der Waals surface area contributed by atoms with E-state index >= 15 is 0 Å². The van der Waals surface area contributed by atoms with Gasteiger partial charge in [0.25, 0.3) is 0 Å². The molecule has 0 rings (SSSR count). The molecule has 6 N–H and O–H groups in total. The maximum atomic E-state index is 12.5. The number of aliphatic hydroxyl groups excluding tert-OH is 1. The Bertz CT molecular complexity index is 599. The molecular weight excluding hydrogens is 406 g/mol. The van der Waals surface area contributed by atoms with E-state index in [1.807, 2.05) is 0 Å². The van der Waals surface area contributed by atoms with Crippen LogP contribution < -0.4 is 16.0 Å². The number of rotatable bonds is 14. The molecule has 0 aromatic heterocycles. The minimum Gasteiger partial charge on any atom is -0.481 e. The summed E-state index contributed by atoms with van der Waals surface area (Å²) in [6.45, 7) is 2.84. The molecule has 4 atom stereocenters. The molecule has 0 heterocycles. The summed E-state index contributed by atoms with van der Waals surface area (Å²) in [5.41, 5.74) is 0. The predicted octanol–water partition coefficient (Wildman–Crippen LogP) is -1.07. The molecule has 0 bridgehead atoms. The van der Waals surface area contributed by atoms with E-state index in [9.17, 15) is 29.1 Å². The number of carbonyl (C=O) groups is 5. The lowest BCUT2D eigenvalue weighted by Gasteiger charge is -2.23. The molecule has 12 heteroatoms. The number of carboxylic acid groups (broad SMARTS) is 2. The predicted molar refractivity (Wildman–Crippen MR) is 105 cm³/mol. The molecule has 0 aliphatic heterocycles. The Labute approximate surface area is 173 Å². The van der Waals surface area contributed by atoms with Gasteiger partial charge in [-0.05, 0) is 38.7 Å². The standard InChI is InChI=1S/C17H29N3O8S/c1-9(21)8-13(22)18-10(2)15(25)19-11(6-7-29-3)16(26)20-12(17(27)28)4-5-14(23)24/h9-12,21H,4-8H2,1-3H3,(H,18,22)(H,19,25)(H,20,26)(H,23,24)(H,27,28)/t9?,10-,11-,12-/m0/s1.